The molecular weight excluding hydrogens is 228 g/mol. The third-order valence-corrected chi connectivity index (χ3v) is 2.07. The van der Waals surface area contributed by atoms with E-state index in [-0.39, 0.29) is 0 Å². The number of hydrogen-bond donors (Lipinski definition) is 0. The molecule has 2 heterocycles. The summed E-state index contributed by atoms with van der Waals surface area (Å²) in [5.74, 6) is 1.90. The van der Waals surface area contributed by atoms with Crippen LogP contribution in [0.15, 0.2) is 21.3 Å². The quantitative estimate of drug-likeness (QED) is 0.801. The van der Waals surface area contributed by atoms with Gasteiger partial charge in [-0.25, -0.2) is 0 Å². The molecule has 18 heavy (non-hydrogen) atoms. The zero-order valence-electron chi connectivity index (χ0n) is 12.3. The van der Waals surface area contributed by atoms with Crippen molar-refractivity contribution in [3.8, 4) is 0 Å². The molecule has 102 valence electrons. The third-order valence-electron chi connectivity index (χ3n) is 2.07. The average molecular weight is 252 g/mol. The number of rotatable bonds is 2. The summed E-state index contributed by atoms with van der Waals surface area (Å²) < 4.78 is 9.67. The first kappa shape index (κ1) is 16.4. The van der Waals surface area contributed by atoms with Crippen molar-refractivity contribution in [1.82, 2.24) is 10.3 Å². The zero-order chi connectivity index (χ0) is 14.0. The van der Waals surface area contributed by atoms with Crippen molar-refractivity contribution in [2.45, 2.75) is 54.4 Å². The monoisotopic (exact) mass is 252 g/mol. The molecule has 4 nitrogen and oxygen atoms in total. The van der Waals surface area contributed by atoms with E-state index in [0.717, 1.165) is 35.6 Å². The molecule has 0 aliphatic heterocycles. The molecule has 0 radical (unpaired) electrons. The van der Waals surface area contributed by atoms with Gasteiger partial charge in [-0.15, -0.1) is 0 Å². The summed E-state index contributed by atoms with van der Waals surface area (Å²) in [6.07, 6.45) is 3.88. The highest BCUT2D eigenvalue weighted by molar-refractivity contribution is 5.10. The van der Waals surface area contributed by atoms with Gasteiger partial charge in [-0.3, -0.25) is 0 Å². The molecule has 0 bridgehead atoms. The van der Waals surface area contributed by atoms with E-state index in [9.17, 15) is 0 Å². The Balaban J connectivity index is 0.000000289. The summed E-state index contributed by atoms with van der Waals surface area (Å²) in [4.78, 5) is 0. The summed E-state index contributed by atoms with van der Waals surface area (Å²) in [6, 6.07) is 1.89. The van der Waals surface area contributed by atoms with Gasteiger partial charge in [0, 0.05) is 18.1 Å². The van der Waals surface area contributed by atoms with Crippen LogP contribution in [0.4, 0.5) is 0 Å². The Morgan fingerprint density at radius 2 is 1.78 bits per heavy atom. The van der Waals surface area contributed by atoms with Gasteiger partial charge in [0.25, 0.3) is 0 Å². The van der Waals surface area contributed by atoms with Crippen LogP contribution < -0.4 is 0 Å². The highest BCUT2D eigenvalue weighted by Crippen LogP contribution is 2.07. The SMILES string of the molecule is CC.CCCc1oncc1C.Cc1cc(C)on1. The van der Waals surface area contributed by atoms with Gasteiger partial charge in [-0.2, -0.15) is 0 Å². The molecular formula is C14H24N2O2. The first-order chi connectivity index (χ1) is 8.63. The van der Waals surface area contributed by atoms with Crippen LogP contribution in [0.25, 0.3) is 0 Å². The second-order valence-corrected chi connectivity index (χ2v) is 3.76. The van der Waals surface area contributed by atoms with Gasteiger partial charge in [-0.1, -0.05) is 31.1 Å². The smallest absolute Gasteiger partial charge is 0.139 e. The van der Waals surface area contributed by atoms with E-state index in [1.807, 2.05) is 40.7 Å². The standard InChI is InChI=1S/C7H11NO.C5H7NO.C2H6/c1-3-4-7-6(2)5-8-9-7;1-4-3-5(2)7-6-4;1-2/h5H,3-4H2,1-2H3;3H,1-2H3;1-2H3. The fourth-order valence-corrected chi connectivity index (χ4v) is 1.27. The van der Waals surface area contributed by atoms with Crippen molar-refractivity contribution < 1.29 is 9.05 Å². The predicted octanol–water partition coefficient (Wildman–Crippen LogP) is 4.25. The van der Waals surface area contributed by atoms with E-state index in [1.165, 1.54) is 0 Å². The van der Waals surface area contributed by atoms with Gasteiger partial charge in [0.2, 0.25) is 0 Å². The molecule has 0 amide bonds. The van der Waals surface area contributed by atoms with Crippen LogP contribution in [0.1, 0.15) is 50.0 Å². The molecule has 4 heteroatoms. The molecule has 0 saturated heterocycles. The second-order valence-electron chi connectivity index (χ2n) is 3.76. The normalized spacial score (nSPS) is 9.00. The van der Waals surface area contributed by atoms with Gasteiger partial charge in [0.15, 0.2) is 0 Å². The lowest BCUT2D eigenvalue weighted by molar-refractivity contribution is 0.381. The molecule has 0 aliphatic carbocycles. The highest BCUT2D eigenvalue weighted by Gasteiger charge is 1.99. The first-order valence-electron chi connectivity index (χ1n) is 6.43. The molecule has 0 aliphatic rings. The Bertz CT molecular complexity index is 402. The molecule has 2 rings (SSSR count). The molecule has 2 aromatic rings. The lowest BCUT2D eigenvalue weighted by Gasteiger charge is -1.88. The van der Waals surface area contributed by atoms with Crippen molar-refractivity contribution in [3.63, 3.8) is 0 Å². The number of nitrogens with zero attached hydrogens (tertiary/aromatic N) is 2. The topological polar surface area (TPSA) is 52.1 Å². The van der Waals surface area contributed by atoms with Gasteiger partial charge in [0.1, 0.15) is 11.5 Å². The van der Waals surface area contributed by atoms with Crippen LogP contribution in [0.3, 0.4) is 0 Å². The zero-order valence-corrected chi connectivity index (χ0v) is 12.3. The van der Waals surface area contributed by atoms with Crippen LogP contribution in [-0.2, 0) is 6.42 Å². The Morgan fingerprint density at radius 3 is 2.06 bits per heavy atom. The maximum atomic E-state index is 4.95. The Morgan fingerprint density at radius 1 is 1.11 bits per heavy atom. The lowest BCUT2D eigenvalue weighted by atomic mass is 10.2. The summed E-state index contributed by atoms with van der Waals surface area (Å²) in [5, 5.41) is 7.31. The minimum atomic E-state index is 0.873. The Kier molecular flexibility index (Phi) is 8.62. The molecule has 0 spiro atoms. The van der Waals surface area contributed by atoms with Crippen molar-refractivity contribution >= 4 is 0 Å². The van der Waals surface area contributed by atoms with Crippen molar-refractivity contribution in [2.75, 3.05) is 0 Å². The van der Waals surface area contributed by atoms with Crippen molar-refractivity contribution in [3.05, 3.63) is 35.0 Å². The lowest BCUT2D eigenvalue weighted by Crippen LogP contribution is -1.80. The number of hydrogen-bond acceptors (Lipinski definition) is 4. The Hall–Kier alpha value is -1.58. The van der Waals surface area contributed by atoms with Gasteiger partial charge < -0.3 is 9.05 Å². The molecule has 0 unspecified atom stereocenters. The van der Waals surface area contributed by atoms with Crippen LogP contribution in [0.2, 0.25) is 0 Å². The summed E-state index contributed by atoms with van der Waals surface area (Å²) in [6.45, 7) is 11.9. The van der Waals surface area contributed by atoms with E-state index in [1.54, 1.807) is 6.20 Å². The molecule has 0 saturated carbocycles. The van der Waals surface area contributed by atoms with E-state index in [4.69, 9.17) is 9.05 Å². The molecule has 0 fully saturated rings. The number of aryl methyl sites for hydroxylation is 4. The summed E-state index contributed by atoms with van der Waals surface area (Å²) in [5.41, 5.74) is 2.11. The number of aromatic nitrogens is 2. The van der Waals surface area contributed by atoms with Crippen molar-refractivity contribution in [1.29, 1.82) is 0 Å². The molecule has 0 N–H and O–H groups in total. The molecule has 0 aromatic carbocycles. The Labute approximate surface area is 109 Å². The minimum Gasteiger partial charge on any atom is -0.361 e. The molecule has 0 atom stereocenters. The molecule has 2 aromatic heterocycles. The third kappa shape index (κ3) is 6.23. The van der Waals surface area contributed by atoms with Crippen LogP contribution in [-0.4, -0.2) is 10.3 Å². The fourth-order valence-electron chi connectivity index (χ4n) is 1.27. The maximum absolute atomic E-state index is 4.95. The van der Waals surface area contributed by atoms with Crippen LogP contribution in [0.5, 0.6) is 0 Å². The summed E-state index contributed by atoms with van der Waals surface area (Å²) >= 11 is 0. The fraction of sp³-hybridized carbons (Fsp3) is 0.571. The summed E-state index contributed by atoms with van der Waals surface area (Å²) in [7, 11) is 0. The maximum Gasteiger partial charge on any atom is 0.139 e. The predicted molar refractivity (Wildman–Crippen MR) is 72.6 cm³/mol. The van der Waals surface area contributed by atoms with E-state index in [0.29, 0.717) is 0 Å². The van der Waals surface area contributed by atoms with Gasteiger partial charge in [0.05, 0.1) is 11.9 Å². The van der Waals surface area contributed by atoms with Crippen LogP contribution >= 0.6 is 0 Å². The van der Waals surface area contributed by atoms with Crippen molar-refractivity contribution in [2.24, 2.45) is 0 Å². The second kappa shape index (κ2) is 9.45. The minimum absolute atomic E-state index is 0.873. The average Bonchev–Trinajstić information content (AvgIpc) is 2.93. The van der Waals surface area contributed by atoms with E-state index >= 15 is 0 Å². The largest absolute Gasteiger partial charge is 0.361 e. The van der Waals surface area contributed by atoms with E-state index in [2.05, 4.69) is 17.2 Å². The van der Waals surface area contributed by atoms with Crippen LogP contribution in [0, 0.1) is 20.8 Å². The van der Waals surface area contributed by atoms with Gasteiger partial charge >= 0.3 is 0 Å². The highest BCUT2D eigenvalue weighted by atomic mass is 16.5. The van der Waals surface area contributed by atoms with Gasteiger partial charge in [-0.05, 0) is 27.2 Å². The van der Waals surface area contributed by atoms with E-state index < -0.39 is 0 Å². The first-order valence-corrected chi connectivity index (χ1v) is 6.43.